The van der Waals surface area contributed by atoms with Crippen molar-refractivity contribution in [2.75, 3.05) is 18.4 Å². The van der Waals surface area contributed by atoms with Gasteiger partial charge in [-0.15, -0.1) is 0 Å². The van der Waals surface area contributed by atoms with E-state index in [4.69, 9.17) is 9.97 Å². The third kappa shape index (κ3) is 4.22. The first-order chi connectivity index (χ1) is 14.4. The van der Waals surface area contributed by atoms with Gasteiger partial charge in [-0.1, -0.05) is 37.0 Å². The second-order valence-electron chi connectivity index (χ2n) is 8.94. The molecule has 0 bridgehead atoms. The van der Waals surface area contributed by atoms with E-state index >= 15 is 0 Å². The molecule has 160 valence electrons. The van der Waals surface area contributed by atoms with E-state index in [9.17, 15) is 0 Å². The molecule has 0 radical (unpaired) electrons. The van der Waals surface area contributed by atoms with Gasteiger partial charge in [-0.25, -0.2) is 9.97 Å². The van der Waals surface area contributed by atoms with E-state index in [1.54, 1.807) is 0 Å². The summed E-state index contributed by atoms with van der Waals surface area (Å²) in [7, 11) is 0. The molecular formula is C25H35N5. The maximum absolute atomic E-state index is 4.92. The molecule has 2 N–H and O–H groups in total. The minimum absolute atomic E-state index is 0.689. The van der Waals surface area contributed by atoms with Gasteiger partial charge in [0.2, 0.25) is 0 Å². The average Bonchev–Trinajstić information content (AvgIpc) is 3.01. The third-order valence-electron chi connectivity index (χ3n) is 6.25. The maximum atomic E-state index is 4.92. The Balaban J connectivity index is 1.61. The normalized spacial score (nSPS) is 15.1. The van der Waals surface area contributed by atoms with Crippen LogP contribution in [0.25, 0.3) is 16.9 Å². The second-order valence-corrected chi connectivity index (χ2v) is 8.94. The SMILES string of the molecule is Cc1cc(C)c(-n2c(C)nc3c(NCCNC4CCCCC4)cc(C)nc32)c(C)c1. The summed E-state index contributed by atoms with van der Waals surface area (Å²) >= 11 is 0. The lowest BCUT2D eigenvalue weighted by molar-refractivity contribution is 0.378. The number of hydrogen-bond donors (Lipinski definition) is 2. The van der Waals surface area contributed by atoms with Crippen LogP contribution in [-0.4, -0.2) is 33.7 Å². The number of pyridine rings is 1. The number of aryl methyl sites for hydroxylation is 5. The Kier molecular flexibility index (Phi) is 6.09. The van der Waals surface area contributed by atoms with Gasteiger partial charge in [0.25, 0.3) is 0 Å². The van der Waals surface area contributed by atoms with Gasteiger partial charge in [0.15, 0.2) is 5.65 Å². The first-order valence-corrected chi connectivity index (χ1v) is 11.4. The summed E-state index contributed by atoms with van der Waals surface area (Å²) in [5.74, 6) is 0.974. The van der Waals surface area contributed by atoms with E-state index in [0.29, 0.717) is 6.04 Å². The molecule has 2 aromatic heterocycles. The lowest BCUT2D eigenvalue weighted by atomic mass is 9.95. The molecule has 5 nitrogen and oxygen atoms in total. The molecule has 0 unspecified atom stereocenters. The lowest BCUT2D eigenvalue weighted by Crippen LogP contribution is -2.34. The third-order valence-corrected chi connectivity index (χ3v) is 6.25. The van der Waals surface area contributed by atoms with Crippen LogP contribution in [0.4, 0.5) is 5.69 Å². The monoisotopic (exact) mass is 405 g/mol. The molecule has 4 rings (SSSR count). The molecule has 0 spiro atoms. The number of benzene rings is 1. The molecule has 2 heterocycles. The Labute approximate surface area is 180 Å². The first-order valence-electron chi connectivity index (χ1n) is 11.4. The van der Waals surface area contributed by atoms with Crippen molar-refractivity contribution in [3.05, 3.63) is 46.4 Å². The topological polar surface area (TPSA) is 54.8 Å². The van der Waals surface area contributed by atoms with E-state index in [1.807, 2.05) is 0 Å². The maximum Gasteiger partial charge on any atom is 0.167 e. The summed E-state index contributed by atoms with van der Waals surface area (Å²) in [6.07, 6.45) is 6.76. The number of anilines is 1. The van der Waals surface area contributed by atoms with Crippen LogP contribution in [-0.2, 0) is 0 Å². The fourth-order valence-electron chi connectivity index (χ4n) is 4.99. The lowest BCUT2D eigenvalue weighted by Gasteiger charge is -2.23. The van der Waals surface area contributed by atoms with Gasteiger partial charge in [-0.3, -0.25) is 4.57 Å². The van der Waals surface area contributed by atoms with Gasteiger partial charge < -0.3 is 10.6 Å². The molecule has 1 aliphatic rings. The number of nitrogens with one attached hydrogen (secondary N) is 2. The number of hydrogen-bond acceptors (Lipinski definition) is 4. The molecule has 0 aliphatic heterocycles. The number of fused-ring (bicyclic) bond motifs is 1. The van der Waals surface area contributed by atoms with Gasteiger partial charge in [-0.2, -0.15) is 0 Å². The largest absolute Gasteiger partial charge is 0.382 e. The summed E-state index contributed by atoms with van der Waals surface area (Å²) < 4.78 is 2.22. The molecule has 5 heteroatoms. The molecule has 0 atom stereocenters. The summed E-state index contributed by atoms with van der Waals surface area (Å²) in [6, 6.07) is 7.28. The Morgan fingerprint density at radius 2 is 1.60 bits per heavy atom. The fourth-order valence-corrected chi connectivity index (χ4v) is 4.99. The van der Waals surface area contributed by atoms with Crippen molar-refractivity contribution in [2.24, 2.45) is 0 Å². The minimum Gasteiger partial charge on any atom is -0.382 e. The number of aromatic nitrogens is 3. The summed E-state index contributed by atoms with van der Waals surface area (Å²) in [5.41, 5.74) is 8.96. The van der Waals surface area contributed by atoms with Gasteiger partial charge in [0.05, 0.1) is 11.4 Å². The van der Waals surface area contributed by atoms with Crippen LogP contribution >= 0.6 is 0 Å². The molecule has 1 saturated carbocycles. The number of rotatable bonds is 6. The van der Waals surface area contributed by atoms with Crippen LogP contribution in [0.3, 0.4) is 0 Å². The first kappa shape index (κ1) is 20.9. The quantitative estimate of drug-likeness (QED) is 0.547. The Morgan fingerprint density at radius 1 is 0.900 bits per heavy atom. The molecule has 30 heavy (non-hydrogen) atoms. The predicted octanol–water partition coefficient (Wildman–Crippen LogP) is 5.30. The van der Waals surface area contributed by atoms with E-state index in [0.717, 1.165) is 41.5 Å². The summed E-state index contributed by atoms with van der Waals surface area (Å²) in [6.45, 7) is 12.5. The van der Waals surface area contributed by atoms with Gasteiger partial charge in [-0.05, 0) is 64.7 Å². The summed E-state index contributed by atoms with van der Waals surface area (Å²) in [4.78, 5) is 9.81. The predicted molar refractivity (Wildman–Crippen MR) is 126 cm³/mol. The van der Waals surface area contributed by atoms with E-state index in [2.05, 4.69) is 68.0 Å². The van der Waals surface area contributed by atoms with Gasteiger partial charge in [0, 0.05) is 24.8 Å². The van der Waals surface area contributed by atoms with Gasteiger partial charge >= 0.3 is 0 Å². The highest BCUT2D eigenvalue weighted by atomic mass is 15.1. The Bertz CT molecular complexity index is 1020. The minimum atomic E-state index is 0.689. The Hall–Kier alpha value is -2.40. The van der Waals surface area contributed by atoms with Crippen molar-refractivity contribution >= 4 is 16.9 Å². The molecule has 0 amide bonds. The second kappa shape index (κ2) is 8.76. The zero-order valence-electron chi connectivity index (χ0n) is 19.1. The van der Waals surface area contributed by atoms with Crippen molar-refractivity contribution in [2.45, 2.75) is 72.8 Å². The van der Waals surface area contributed by atoms with E-state index < -0.39 is 0 Å². The van der Waals surface area contributed by atoms with Crippen LogP contribution in [0, 0.1) is 34.6 Å². The zero-order chi connectivity index (χ0) is 21.3. The van der Waals surface area contributed by atoms with Crippen LogP contribution in [0.5, 0.6) is 0 Å². The average molecular weight is 406 g/mol. The van der Waals surface area contributed by atoms with Crippen LogP contribution in [0.2, 0.25) is 0 Å². The number of nitrogens with zero attached hydrogens (tertiary/aromatic N) is 3. The van der Waals surface area contributed by atoms with Crippen LogP contribution in [0.15, 0.2) is 18.2 Å². The fraction of sp³-hybridized carbons (Fsp3) is 0.520. The number of imidazole rings is 1. The van der Waals surface area contributed by atoms with Gasteiger partial charge in [0.1, 0.15) is 11.3 Å². The van der Waals surface area contributed by atoms with Crippen molar-refractivity contribution < 1.29 is 0 Å². The zero-order valence-corrected chi connectivity index (χ0v) is 19.1. The van der Waals surface area contributed by atoms with Crippen molar-refractivity contribution in [3.8, 4) is 5.69 Å². The molecule has 0 saturated heterocycles. The van der Waals surface area contributed by atoms with E-state index in [-0.39, 0.29) is 0 Å². The van der Waals surface area contributed by atoms with Crippen molar-refractivity contribution in [3.63, 3.8) is 0 Å². The highest BCUT2D eigenvalue weighted by molar-refractivity contribution is 5.88. The molecule has 3 aromatic rings. The van der Waals surface area contributed by atoms with Crippen LogP contribution < -0.4 is 10.6 Å². The smallest absolute Gasteiger partial charge is 0.167 e. The molecular weight excluding hydrogens is 370 g/mol. The molecule has 1 aliphatic carbocycles. The highest BCUT2D eigenvalue weighted by Gasteiger charge is 2.18. The van der Waals surface area contributed by atoms with Crippen LogP contribution in [0.1, 0.15) is 60.3 Å². The van der Waals surface area contributed by atoms with E-state index in [1.165, 1.54) is 54.5 Å². The Morgan fingerprint density at radius 3 is 2.30 bits per heavy atom. The highest BCUT2D eigenvalue weighted by Crippen LogP contribution is 2.30. The standard InChI is InChI=1S/C25H35N5/c1-16-13-17(2)24(18(3)14-16)30-20(5)29-23-22(15-19(4)28-25(23)30)27-12-11-26-21-9-7-6-8-10-21/h13-15,21,26H,6-12H2,1-5H3,(H,27,28). The molecule has 1 fully saturated rings. The summed E-state index contributed by atoms with van der Waals surface area (Å²) in [5, 5.41) is 7.33. The molecule has 1 aromatic carbocycles. The van der Waals surface area contributed by atoms with Crippen molar-refractivity contribution in [1.82, 2.24) is 19.9 Å². The van der Waals surface area contributed by atoms with Crippen molar-refractivity contribution in [1.29, 1.82) is 0 Å².